The number of hydrogen-bond acceptors (Lipinski definition) is 3. The highest BCUT2D eigenvalue weighted by atomic mass is 16.5. The molecule has 1 rings (SSSR count). The maximum atomic E-state index is 8.63. The van der Waals surface area contributed by atoms with Crippen LogP contribution in [0.25, 0.3) is 0 Å². The van der Waals surface area contributed by atoms with Crippen molar-refractivity contribution in [2.24, 2.45) is 5.41 Å². The topological polar surface area (TPSA) is 41.5 Å². The summed E-state index contributed by atoms with van der Waals surface area (Å²) in [4.78, 5) is 0. The minimum Gasteiger partial charge on any atom is -0.395 e. The van der Waals surface area contributed by atoms with E-state index < -0.39 is 0 Å². The summed E-state index contributed by atoms with van der Waals surface area (Å²) in [7, 11) is 1.76. The highest BCUT2D eigenvalue weighted by Gasteiger charge is 2.47. The molecule has 3 heteroatoms. The van der Waals surface area contributed by atoms with Gasteiger partial charge in [0.1, 0.15) is 0 Å². The van der Waals surface area contributed by atoms with Gasteiger partial charge in [0.2, 0.25) is 0 Å². The molecule has 0 aromatic heterocycles. The molecule has 0 aromatic rings. The molecule has 1 fully saturated rings. The van der Waals surface area contributed by atoms with Crippen LogP contribution >= 0.6 is 0 Å². The van der Waals surface area contributed by atoms with Gasteiger partial charge in [0.05, 0.1) is 12.7 Å². The van der Waals surface area contributed by atoms with E-state index >= 15 is 0 Å². The zero-order valence-corrected chi connectivity index (χ0v) is 8.13. The molecule has 12 heavy (non-hydrogen) atoms. The van der Waals surface area contributed by atoms with Gasteiger partial charge >= 0.3 is 0 Å². The van der Waals surface area contributed by atoms with Crippen molar-refractivity contribution in [1.29, 1.82) is 0 Å². The normalized spacial score (nSPS) is 33.0. The fourth-order valence-electron chi connectivity index (χ4n) is 1.87. The standard InChI is InChI=1S/C9H19NO2/c1-9(2)7(10-4-5-11)6-8(9)12-3/h7-8,10-11H,4-6H2,1-3H3. The quantitative estimate of drug-likeness (QED) is 0.646. The smallest absolute Gasteiger partial charge is 0.0652 e. The molecule has 0 amide bonds. The summed E-state index contributed by atoms with van der Waals surface area (Å²) in [6.07, 6.45) is 1.43. The third kappa shape index (κ3) is 1.63. The number of aliphatic hydroxyl groups excluding tert-OH is 1. The minimum absolute atomic E-state index is 0.212. The first kappa shape index (κ1) is 9.96. The minimum atomic E-state index is 0.212. The number of methoxy groups -OCH3 is 1. The zero-order valence-electron chi connectivity index (χ0n) is 8.13. The van der Waals surface area contributed by atoms with Gasteiger partial charge < -0.3 is 15.2 Å². The van der Waals surface area contributed by atoms with Crippen LogP contribution in [0, 0.1) is 5.41 Å². The number of rotatable bonds is 4. The molecule has 3 nitrogen and oxygen atoms in total. The molecule has 0 saturated heterocycles. The van der Waals surface area contributed by atoms with Gasteiger partial charge in [0, 0.05) is 25.1 Å². The number of ether oxygens (including phenoxy) is 1. The Morgan fingerprint density at radius 1 is 1.58 bits per heavy atom. The van der Waals surface area contributed by atoms with Gasteiger partial charge in [-0.3, -0.25) is 0 Å². The summed E-state index contributed by atoms with van der Waals surface area (Å²) in [5, 5.41) is 11.9. The van der Waals surface area contributed by atoms with Gasteiger partial charge in [-0.25, -0.2) is 0 Å². The van der Waals surface area contributed by atoms with Gasteiger partial charge in [-0.05, 0) is 6.42 Å². The van der Waals surface area contributed by atoms with Crippen LogP contribution in [-0.4, -0.2) is 37.5 Å². The summed E-state index contributed by atoms with van der Waals surface area (Å²) >= 11 is 0. The lowest BCUT2D eigenvalue weighted by atomic mass is 9.64. The van der Waals surface area contributed by atoms with Crippen LogP contribution in [0.1, 0.15) is 20.3 Å². The van der Waals surface area contributed by atoms with Crippen molar-refractivity contribution in [2.45, 2.75) is 32.4 Å². The molecule has 0 spiro atoms. The molecule has 1 saturated carbocycles. The molecule has 1 aliphatic rings. The maximum Gasteiger partial charge on any atom is 0.0652 e. The van der Waals surface area contributed by atoms with E-state index in [1.165, 1.54) is 0 Å². The van der Waals surface area contributed by atoms with Crippen LogP contribution in [0.5, 0.6) is 0 Å². The van der Waals surface area contributed by atoms with E-state index in [1.807, 2.05) is 0 Å². The Morgan fingerprint density at radius 2 is 2.25 bits per heavy atom. The van der Waals surface area contributed by atoms with Crippen LogP contribution in [0.2, 0.25) is 0 Å². The number of nitrogens with one attached hydrogen (secondary N) is 1. The fraction of sp³-hybridized carbons (Fsp3) is 1.00. The van der Waals surface area contributed by atoms with Crippen LogP contribution < -0.4 is 5.32 Å². The van der Waals surface area contributed by atoms with E-state index in [0.29, 0.717) is 18.7 Å². The Morgan fingerprint density at radius 3 is 2.67 bits per heavy atom. The predicted octanol–water partition coefficient (Wildman–Crippen LogP) is 0.382. The Hall–Kier alpha value is -0.120. The monoisotopic (exact) mass is 173 g/mol. The Balaban J connectivity index is 2.32. The molecular formula is C9H19NO2. The van der Waals surface area contributed by atoms with E-state index in [0.717, 1.165) is 6.42 Å². The average molecular weight is 173 g/mol. The van der Waals surface area contributed by atoms with Gasteiger partial charge in [0.25, 0.3) is 0 Å². The molecular weight excluding hydrogens is 154 g/mol. The van der Waals surface area contributed by atoms with Crippen LogP contribution in [0.4, 0.5) is 0 Å². The number of aliphatic hydroxyl groups is 1. The van der Waals surface area contributed by atoms with Crippen molar-refractivity contribution in [1.82, 2.24) is 5.32 Å². The third-order valence-electron chi connectivity index (χ3n) is 2.96. The first-order valence-electron chi connectivity index (χ1n) is 4.50. The van der Waals surface area contributed by atoms with E-state index in [-0.39, 0.29) is 12.0 Å². The van der Waals surface area contributed by atoms with Crippen LogP contribution in [-0.2, 0) is 4.74 Å². The van der Waals surface area contributed by atoms with E-state index in [4.69, 9.17) is 9.84 Å². The highest BCUT2D eigenvalue weighted by molar-refractivity contribution is 5.02. The van der Waals surface area contributed by atoms with Crippen molar-refractivity contribution in [3.8, 4) is 0 Å². The Bertz CT molecular complexity index is 145. The first-order chi connectivity index (χ1) is 5.62. The Labute approximate surface area is 74.1 Å². The van der Waals surface area contributed by atoms with Crippen molar-refractivity contribution < 1.29 is 9.84 Å². The summed E-state index contributed by atoms with van der Waals surface area (Å²) in [5.41, 5.74) is 0.212. The van der Waals surface area contributed by atoms with E-state index in [1.54, 1.807) is 7.11 Å². The summed E-state index contributed by atoms with van der Waals surface area (Å²) in [6, 6.07) is 0.495. The second-order valence-electron chi connectivity index (χ2n) is 4.01. The molecule has 0 aromatic carbocycles. The summed E-state index contributed by atoms with van der Waals surface area (Å²) < 4.78 is 5.31. The first-order valence-corrected chi connectivity index (χ1v) is 4.50. The second-order valence-corrected chi connectivity index (χ2v) is 4.01. The van der Waals surface area contributed by atoms with Gasteiger partial charge in [-0.2, -0.15) is 0 Å². The van der Waals surface area contributed by atoms with Crippen molar-refractivity contribution in [3.63, 3.8) is 0 Å². The lowest BCUT2D eigenvalue weighted by Gasteiger charge is -2.51. The molecule has 0 aliphatic heterocycles. The molecule has 2 unspecified atom stereocenters. The molecule has 0 heterocycles. The molecule has 2 atom stereocenters. The van der Waals surface area contributed by atoms with Crippen molar-refractivity contribution in [2.75, 3.05) is 20.3 Å². The second kappa shape index (κ2) is 3.73. The Kier molecular flexibility index (Phi) is 3.09. The third-order valence-corrected chi connectivity index (χ3v) is 2.96. The number of hydrogen-bond donors (Lipinski definition) is 2. The van der Waals surface area contributed by atoms with Crippen molar-refractivity contribution in [3.05, 3.63) is 0 Å². The molecule has 0 radical (unpaired) electrons. The van der Waals surface area contributed by atoms with Gasteiger partial charge in [0.15, 0.2) is 0 Å². The SMILES string of the molecule is COC1CC(NCCO)C1(C)C. The van der Waals surface area contributed by atoms with E-state index in [9.17, 15) is 0 Å². The predicted molar refractivity (Wildman–Crippen MR) is 48.1 cm³/mol. The average Bonchev–Trinajstić information content (AvgIpc) is 2.03. The summed E-state index contributed by atoms with van der Waals surface area (Å²) in [6.45, 7) is 5.29. The van der Waals surface area contributed by atoms with E-state index in [2.05, 4.69) is 19.2 Å². The molecule has 72 valence electrons. The van der Waals surface area contributed by atoms with Crippen LogP contribution in [0.3, 0.4) is 0 Å². The van der Waals surface area contributed by atoms with Crippen LogP contribution in [0.15, 0.2) is 0 Å². The zero-order chi connectivity index (χ0) is 9.19. The lowest BCUT2D eigenvalue weighted by molar-refractivity contribution is -0.0978. The lowest BCUT2D eigenvalue weighted by Crippen LogP contribution is -2.61. The highest BCUT2D eigenvalue weighted by Crippen LogP contribution is 2.42. The largest absolute Gasteiger partial charge is 0.395 e. The van der Waals surface area contributed by atoms with Gasteiger partial charge in [-0.15, -0.1) is 0 Å². The molecule has 2 N–H and O–H groups in total. The summed E-state index contributed by atoms with van der Waals surface area (Å²) in [5.74, 6) is 0. The fourth-order valence-corrected chi connectivity index (χ4v) is 1.87. The molecule has 0 bridgehead atoms. The van der Waals surface area contributed by atoms with Gasteiger partial charge in [-0.1, -0.05) is 13.8 Å². The maximum absolute atomic E-state index is 8.63. The van der Waals surface area contributed by atoms with Crippen molar-refractivity contribution >= 4 is 0 Å². The molecule has 1 aliphatic carbocycles.